The molecule has 23 heavy (non-hydrogen) atoms. The molecule has 0 bridgehead atoms. The minimum atomic E-state index is -0.317. The van der Waals surface area contributed by atoms with E-state index in [1.807, 2.05) is 31.2 Å². The molecule has 3 rings (SSSR count). The summed E-state index contributed by atoms with van der Waals surface area (Å²) in [5, 5.41) is 2.79. The highest BCUT2D eigenvalue weighted by atomic mass is 16.4. The zero-order valence-corrected chi connectivity index (χ0v) is 12.7. The molecular formula is C18H16N2O3. The second-order valence-corrected chi connectivity index (χ2v) is 5.26. The normalized spacial score (nSPS) is 10.5. The Morgan fingerprint density at radius 3 is 2.78 bits per heavy atom. The Labute approximate surface area is 133 Å². The fourth-order valence-electron chi connectivity index (χ4n) is 2.26. The van der Waals surface area contributed by atoms with Crippen LogP contribution in [0.1, 0.15) is 21.9 Å². The van der Waals surface area contributed by atoms with Gasteiger partial charge in [0, 0.05) is 18.0 Å². The minimum absolute atomic E-state index is 0.116. The number of nitrogens with one attached hydrogen (secondary N) is 1. The SMILES string of the molecule is Cc1cccc(NC(=O)c2ccc(Cn3ccccc3=O)o2)c1. The van der Waals surface area contributed by atoms with Crippen molar-refractivity contribution >= 4 is 11.6 Å². The summed E-state index contributed by atoms with van der Waals surface area (Å²) in [6.07, 6.45) is 1.68. The molecule has 1 N–H and O–H groups in total. The molecule has 1 aromatic carbocycles. The van der Waals surface area contributed by atoms with E-state index in [-0.39, 0.29) is 23.8 Å². The smallest absolute Gasteiger partial charge is 0.291 e. The van der Waals surface area contributed by atoms with Gasteiger partial charge in [0.25, 0.3) is 11.5 Å². The van der Waals surface area contributed by atoms with Gasteiger partial charge in [0.1, 0.15) is 5.76 Å². The third-order valence-electron chi connectivity index (χ3n) is 3.39. The summed E-state index contributed by atoms with van der Waals surface area (Å²) in [5.74, 6) is 0.445. The number of nitrogens with zero attached hydrogens (tertiary/aromatic N) is 1. The Morgan fingerprint density at radius 1 is 1.13 bits per heavy atom. The maximum Gasteiger partial charge on any atom is 0.291 e. The highest BCUT2D eigenvalue weighted by molar-refractivity contribution is 6.02. The summed E-state index contributed by atoms with van der Waals surface area (Å²) >= 11 is 0. The summed E-state index contributed by atoms with van der Waals surface area (Å²) in [4.78, 5) is 23.9. The van der Waals surface area contributed by atoms with Crippen LogP contribution < -0.4 is 10.9 Å². The van der Waals surface area contributed by atoms with Gasteiger partial charge >= 0.3 is 0 Å². The summed E-state index contributed by atoms with van der Waals surface area (Å²) in [5.41, 5.74) is 1.66. The molecule has 0 aliphatic heterocycles. The first-order valence-corrected chi connectivity index (χ1v) is 7.24. The molecule has 2 aromatic heterocycles. The van der Waals surface area contributed by atoms with E-state index in [0.29, 0.717) is 11.4 Å². The van der Waals surface area contributed by atoms with Crippen molar-refractivity contribution in [1.82, 2.24) is 4.57 Å². The number of carbonyl (C=O) groups excluding carboxylic acids is 1. The van der Waals surface area contributed by atoms with Crippen molar-refractivity contribution in [2.45, 2.75) is 13.5 Å². The maximum absolute atomic E-state index is 12.2. The number of pyridine rings is 1. The molecule has 0 unspecified atom stereocenters. The van der Waals surface area contributed by atoms with E-state index in [2.05, 4.69) is 5.32 Å². The molecule has 1 amide bonds. The average Bonchev–Trinajstić information content (AvgIpc) is 2.98. The van der Waals surface area contributed by atoms with Crippen LogP contribution in [0.2, 0.25) is 0 Å². The van der Waals surface area contributed by atoms with Gasteiger partial charge in [-0.2, -0.15) is 0 Å². The lowest BCUT2D eigenvalue weighted by molar-refractivity contribution is 0.0995. The second kappa shape index (κ2) is 6.36. The largest absolute Gasteiger partial charge is 0.454 e. The number of carbonyl (C=O) groups is 1. The number of furan rings is 1. The molecule has 0 radical (unpaired) electrons. The number of benzene rings is 1. The van der Waals surface area contributed by atoms with Gasteiger partial charge in [-0.3, -0.25) is 9.59 Å². The van der Waals surface area contributed by atoms with Gasteiger partial charge in [-0.05, 0) is 42.8 Å². The molecule has 0 saturated heterocycles. The molecular weight excluding hydrogens is 292 g/mol. The Balaban J connectivity index is 1.73. The number of hydrogen-bond donors (Lipinski definition) is 1. The van der Waals surface area contributed by atoms with Gasteiger partial charge in [0.2, 0.25) is 0 Å². The third kappa shape index (κ3) is 3.58. The first kappa shape index (κ1) is 14.8. The number of hydrogen-bond acceptors (Lipinski definition) is 3. The van der Waals surface area contributed by atoms with E-state index in [4.69, 9.17) is 4.42 Å². The average molecular weight is 308 g/mol. The van der Waals surface area contributed by atoms with Crippen LogP contribution in [-0.4, -0.2) is 10.5 Å². The van der Waals surface area contributed by atoms with E-state index in [1.54, 1.807) is 30.5 Å². The zero-order chi connectivity index (χ0) is 16.2. The molecule has 116 valence electrons. The molecule has 3 aromatic rings. The van der Waals surface area contributed by atoms with Crippen LogP contribution in [0.25, 0.3) is 0 Å². The number of aromatic nitrogens is 1. The lowest BCUT2D eigenvalue weighted by Crippen LogP contribution is -2.18. The first-order valence-electron chi connectivity index (χ1n) is 7.24. The standard InChI is InChI=1S/C18H16N2O3/c1-13-5-4-6-14(11-13)19-18(22)16-9-8-15(23-16)12-20-10-3-2-7-17(20)21/h2-11H,12H2,1H3,(H,19,22). The summed E-state index contributed by atoms with van der Waals surface area (Å²) in [6, 6.07) is 15.8. The lowest BCUT2D eigenvalue weighted by atomic mass is 10.2. The molecule has 2 heterocycles. The van der Waals surface area contributed by atoms with Crippen LogP contribution in [0, 0.1) is 6.92 Å². The summed E-state index contributed by atoms with van der Waals surface area (Å²) < 4.78 is 7.05. The molecule has 0 aliphatic carbocycles. The van der Waals surface area contributed by atoms with Crippen molar-refractivity contribution in [2.75, 3.05) is 5.32 Å². The van der Waals surface area contributed by atoms with Crippen molar-refractivity contribution < 1.29 is 9.21 Å². The van der Waals surface area contributed by atoms with Crippen molar-refractivity contribution in [3.63, 3.8) is 0 Å². The van der Waals surface area contributed by atoms with E-state index in [9.17, 15) is 9.59 Å². The van der Waals surface area contributed by atoms with Crippen molar-refractivity contribution in [3.8, 4) is 0 Å². The molecule has 0 fully saturated rings. The lowest BCUT2D eigenvalue weighted by Gasteiger charge is -2.04. The fraction of sp³-hybridized carbons (Fsp3) is 0.111. The van der Waals surface area contributed by atoms with Gasteiger partial charge in [0.05, 0.1) is 6.54 Å². The zero-order valence-electron chi connectivity index (χ0n) is 12.7. The first-order chi connectivity index (χ1) is 11.1. The maximum atomic E-state index is 12.2. The van der Waals surface area contributed by atoms with E-state index < -0.39 is 0 Å². The topological polar surface area (TPSA) is 64.2 Å². The van der Waals surface area contributed by atoms with Gasteiger partial charge in [-0.15, -0.1) is 0 Å². The molecule has 0 aliphatic rings. The molecule has 0 saturated carbocycles. The predicted molar refractivity (Wildman–Crippen MR) is 87.6 cm³/mol. The quantitative estimate of drug-likeness (QED) is 0.805. The number of aryl methyl sites for hydroxylation is 1. The van der Waals surface area contributed by atoms with E-state index in [0.717, 1.165) is 5.56 Å². The van der Waals surface area contributed by atoms with Crippen LogP contribution in [-0.2, 0) is 6.54 Å². The van der Waals surface area contributed by atoms with Crippen LogP contribution in [0.15, 0.2) is 70.0 Å². The second-order valence-electron chi connectivity index (χ2n) is 5.26. The molecule has 0 spiro atoms. The Bertz CT molecular complexity index is 893. The Kier molecular flexibility index (Phi) is 4.10. The monoisotopic (exact) mass is 308 g/mol. The van der Waals surface area contributed by atoms with Crippen LogP contribution in [0.3, 0.4) is 0 Å². The van der Waals surface area contributed by atoms with Gasteiger partial charge in [-0.25, -0.2) is 0 Å². The number of anilines is 1. The van der Waals surface area contributed by atoms with Gasteiger partial charge in [-0.1, -0.05) is 18.2 Å². The third-order valence-corrected chi connectivity index (χ3v) is 3.39. The summed E-state index contributed by atoms with van der Waals surface area (Å²) in [7, 11) is 0. The van der Waals surface area contributed by atoms with Crippen molar-refractivity contribution in [2.24, 2.45) is 0 Å². The Morgan fingerprint density at radius 2 is 2.00 bits per heavy atom. The molecule has 5 heteroatoms. The van der Waals surface area contributed by atoms with E-state index >= 15 is 0 Å². The van der Waals surface area contributed by atoms with Gasteiger partial charge < -0.3 is 14.3 Å². The van der Waals surface area contributed by atoms with E-state index in [1.165, 1.54) is 10.6 Å². The highest BCUT2D eigenvalue weighted by Gasteiger charge is 2.12. The van der Waals surface area contributed by atoms with Gasteiger partial charge in [0.15, 0.2) is 5.76 Å². The summed E-state index contributed by atoms with van der Waals surface area (Å²) in [6.45, 7) is 2.25. The van der Waals surface area contributed by atoms with Crippen LogP contribution in [0.5, 0.6) is 0 Å². The van der Waals surface area contributed by atoms with Crippen LogP contribution in [0.4, 0.5) is 5.69 Å². The molecule has 0 atom stereocenters. The van der Waals surface area contributed by atoms with Crippen LogP contribution >= 0.6 is 0 Å². The number of rotatable bonds is 4. The van der Waals surface area contributed by atoms with Crippen molar-refractivity contribution in [1.29, 1.82) is 0 Å². The molecule has 5 nitrogen and oxygen atoms in total. The van der Waals surface area contributed by atoms with Crippen molar-refractivity contribution in [3.05, 3.63) is 88.2 Å². The fourth-order valence-corrected chi connectivity index (χ4v) is 2.26. The Hall–Kier alpha value is -3.08. The minimum Gasteiger partial charge on any atom is -0.454 e. The highest BCUT2D eigenvalue weighted by Crippen LogP contribution is 2.14. The predicted octanol–water partition coefficient (Wildman–Crippen LogP) is 3.05. The number of amides is 1.